The maximum absolute atomic E-state index is 5.91. The van der Waals surface area contributed by atoms with Gasteiger partial charge in [0.2, 0.25) is 5.90 Å². The van der Waals surface area contributed by atoms with Crippen LogP contribution in [-0.2, 0) is 11.2 Å². The molecule has 0 saturated carbocycles. The molecular formula is C20H24N2O3. The van der Waals surface area contributed by atoms with E-state index in [9.17, 15) is 0 Å². The number of nitrogens with zero attached hydrogens (tertiary/aromatic N) is 2. The second kappa shape index (κ2) is 8.51. The van der Waals surface area contributed by atoms with Crippen LogP contribution in [0.2, 0.25) is 0 Å². The van der Waals surface area contributed by atoms with Crippen molar-refractivity contribution >= 4 is 12.0 Å². The van der Waals surface area contributed by atoms with Gasteiger partial charge in [-0.15, -0.1) is 0 Å². The fraction of sp³-hybridized carbons (Fsp3) is 0.400. The van der Waals surface area contributed by atoms with Crippen LogP contribution in [0.5, 0.6) is 5.75 Å². The van der Waals surface area contributed by atoms with Gasteiger partial charge in [-0.2, -0.15) is 0 Å². The highest BCUT2D eigenvalue weighted by Crippen LogP contribution is 2.23. The van der Waals surface area contributed by atoms with Gasteiger partial charge >= 0.3 is 0 Å². The van der Waals surface area contributed by atoms with Crippen molar-refractivity contribution in [2.45, 2.75) is 32.6 Å². The van der Waals surface area contributed by atoms with Gasteiger partial charge in [0.05, 0.1) is 18.8 Å². The van der Waals surface area contributed by atoms with Crippen LogP contribution >= 0.6 is 0 Å². The summed E-state index contributed by atoms with van der Waals surface area (Å²) in [6, 6.07) is 7.96. The van der Waals surface area contributed by atoms with E-state index in [2.05, 4.69) is 16.7 Å². The van der Waals surface area contributed by atoms with Crippen molar-refractivity contribution in [3.63, 3.8) is 0 Å². The van der Waals surface area contributed by atoms with Crippen LogP contribution in [0.4, 0.5) is 0 Å². The van der Waals surface area contributed by atoms with Crippen molar-refractivity contribution in [3.8, 4) is 5.75 Å². The molecule has 0 fully saturated rings. The van der Waals surface area contributed by atoms with Crippen molar-refractivity contribution in [2.75, 3.05) is 19.8 Å². The molecule has 0 N–H and O–H groups in total. The van der Waals surface area contributed by atoms with E-state index in [0.29, 0.717) is 19.1 Å². The molecular weight excluding hydrogens is 316 g/mol. The van der Waals surface area contributed by atoms with Crippen molar-refractivity contribution in [1.29, 1.82) is 0 Å². The number of benzene rings is 1. The summed E-state index contributed by atoms with van der Waals surface area (Å²) in [5.74, 6) is 2.51. The molecule has 0 radical (unpaired) electrons. The first kappa shape index (κ1) is 17.3. The predicted molar refractivity (Wildman–Crippen MR) is 98.2 cm³/mol. The lowest BCUT2D eigenvalue weighted by Gasteiger charge is -2.11. The number of hydrogen-bond acceptors (Lipinski definition) is 5. The molecule has 1 aromatic heterocycles. The molecule has 1 aromatic carbocycles. The lowest BCUT2D eigenvalue weighted by molar-refractivity contribution is 0.302. The average Bonchev–Trinajstić information content (AvgIpc) is 3.30. The third-order valence-corrected chi connectivity index (χ3v) is 4.06. The van der Waals surface area contributed by atoms with Gasteiger partial charge < -0.3 is 14.0 Å². The molecule has 5 nitrogen and oxygen atoms in total. The zero-order valence-electron chi connectivity index (χ0n) is 14.7. The van der Waals surface area contributed by atoms with Crippen molar-refractivity contribution in [2.24, 2.45) is 4.99 Å². The molecule has 0 saturated heterocycles. The Morgan fingerprint density at radius 2 is 2.16 bits per heavy atom. The lowest BCUT2D eigenvalue weighted by atomic mass is 10.1. The summed E-state index contributed by atoms with van der Waals surface area (Å²) in [7, 11) is 0. The highest BCUT2D eigenvalue weighted by molar-refractivity contribution is 5.95. The van der Waals surface area contributed by atoms with Crippen LogP contribution < -0.4 is 4.74 Å². The number of hydrogen-bond donors (Lipinski definition) is 0. The number of aryl methyl sites for hydroxylation is 2. The van der Waals surface area contributed by atoms with E-state index < -0.39 is 0 Å². The third kappa shape index (κ3) is 4.72. The van der Waals surface area contributed by atoms with Gasteiger partial charge in [0.25, 0.3) is 0 Å². The Bertz CT molecular complexity index is 749. The summed E-state index contributed by atoms with van der Waals surface area (Å²) in [5, 5.41) is 3.90. The second-order valence-corrected chi connectivity index (χ2v) is 6.09. The Morgan fingerprint density at radius 1 is 1.24 bits per heavy atom. The van der Waals surface area contributed by atoms with Gasteiger partial charge in [0, 0.05) is 23.6 Å². The summed E-state index contributed by atoms with van der Waals surface area (Å²) in [4.78, 5) is 4.34. The summed E-state index contributed by atoms with van der Waals surface area (Å²) >= 11 is 0. The van der Waals surface area contributed by atoms with Gasteiger partial charge in [0.1, 0.15) is 18.1 Å². The Hall–Kier alpha value is -2.56. The standard InChI is InChI=1S/C20H24N2O3/c1-3-16-14-17(20-21-10-12-24-20)8-9-19(16)23-11-6-4-5-7-18-13-15(2)22-25-18/h3,8-9,13-14H,1,4-7,10-12H2,2H3. The van der Waals surface area contributed by atoms with Gasteiger partial charge in [-0.3, -0.25) is 0 Å². The molecule has 0 bridgehead atoms. The van der Waals surface area contributed by atoms with E-state index in [4.69, 9.17) is 14.0 Å². The Balaban J connectivity index is 1.43. The summed E-state index contributed by atoms with van der Waals surface area (Å²) in [6.07, 6.45) is 5.89. The number of unbranched alkanes of at least 4 members (excludes halogenated alkanes) is 2. The summed E-state index contributed by atoms with van der Waals surface area (Å²) in [5.41, 5.74) is 2.88. The first-order valence-electron chi connectivity index (χ1n) is 8.75. The minimum atomic E-state index is 0.657. The van der Waals surface area contributed by atoms with E-state index in [1.807, 2.05) is 31.2 Å². The van der Waals surface area contributed by atoms with Crippen LogP contribution in [0, 0.1) is 6.92 Å². The SMILES string of the molecule is C=Cc1cc(C2=NCCO2)ccc1OCCCCCc1cc(C)no1. The van der Waals surface area contributed by atoms with E-state index >= 15 is 0 Å². The highest BCUT2D eigenvalue weighted by Gasteiger charge is 2.12. The number of aliphatic imine (C=N–C) groups is 1. The Morgan fingerprint density at radius 3 is 2.88 bits per heavy atom. The predicted octanol–water partition coefficient (Wildman–Crippen LogP) is 4.19. The molecule has 2 heterocycles. The van der Waals surface area contributed by atoms with Crippen LogP contribution in [0.3, 0.4) is 0 Å². The second-order valence-electron chi connectivity index (χ2n) is 6.09. The number of aromatic nitrogens is 1. The van der Waals surface area contributed by atoms with Crippen LogP contribution in [0.25, 0.3) is 6.08 Å². The topological polar surface area (TPSA) is 56.9 Å². The summed E-state index contributed by atoms with van der Waals surface area (Å²) < 4.78 is 16.6. The lowest BCUT2D eigenvalue weighted by Crippen LogP contribution is -2.03. The third-order valence-electron chi connectivity index (χ3n) is 4.06. The van der Waals surface area contributed by atoms with Gasteiger partial charge in [-0.25, -0.2) is 4.99 Å². The molecule has 0 aliphatic carbocycles. The molecule has 0 spiro atoms. The Kier molecular flexibility index (Phi) is 5.88. The first-order valence-corrected chi connectivity index (χ1v) is 8.75. The van der Waals surface area contributed by atoms with Crippen LogP contribution in [-0.4, -0.2) is 30.8 Å². The quantitative estimate of drug-likeness (QED) is 0.642. The van der Waals surface area contributed by atoms with Gasteiger partial charge in [-0.05, 0) is 44.4 Å². The molecule has 0 unspecified atom stereocenters. The smallest absolute Gasteiger partial charge is 0.216 e. The zero-order chi connectivity index (χ0) is 17.5. The van der Waals surface area contributed by atoms with E-state index in [0.717, 1.165) is 60.6 Å². The maximum Gasteiger partial charge on any atom is 0.216 e. The zero-order valence-corrected chi connectivity index (χ0v) is 14.7. The van der Waals surface area contributed by atoms with Crippen LogP contribution in [0.15, 0.2) is 40.4 Å². The molecule has 2 aromatic rings. The van der Waals surface area contributed by atoms with Gasteiger partial charge in [-0.1, -0.05) is 17.8 Å². The molecule has 3 rings (SSSR count). The molecule has 25 heavy (non-hydrogen) atoms. The molecule has 0 amide bonds. The Labute approximate surface area is 148 Å². The van der Waals surface area contributed by atoms with E-state index in [1.165, 1.54) is 0 Å². The van der Waals surface area contributed by atoms with Crippen LogP contribution in [0.1, 0.15) is 41.8 Å². The fourth-order valence-electron chi connectivity index (χ4n) is 2.78. The van der Waals surface area contributed by atoms with Gasteiger partial charge in [0.15, 0.2) is 0 Å². The normalized spacial score (nSPS) is 13.4. The summed E-state index contributed by atoms with van der Waals surface area (Å²) in [6.45, 7) is 7.89. The largest absolute Gasteiger partial charge is 0.493 e. The van der Waals surface area contributed by atoms with Crippen molar-refractivity contribution < 1.29 is 14.0 Å². The van der Waals surface area contributed by atoms with Crippen molar-refractivity contribution in [1.82, 2.24) is 5.16 Å². The molecule has 132 valence electrons. The number of ether oxygens (including phenoxy) is 2. The number of rotatable bonds is 9. The molecule has 1 aliphatic rings. The average molecular weight is 340 g/mol. The first-order chi connectivity index (χ1) is 12.3. The van der Waals surface area contributed by atoms with Crippen molar-refractivity contribution in [3.05, 3.63) is 53.4 Å². The minimum Gasteiger partial charge on any atom is -0.493 e. The highest BCUT2D eigenvalue weighted by atomic mass is 16.5. The molecule has 1 aliphatic heterocycles. The molecule has 5 heteroatoms. The maximum atomic E-state index is 5.91. The minimum absolute atomic E-state index is 0.657. The van der Waals surface area contributed by atoms with E-state index in [-0.39, 0.29) is 0 Å². The molecule has 0 atom stereocenters. The fourth-order valence-corrected chi connectivity index (χ4v) is 2.78. The monoisotopic (exact) mass is 340 g/mol. The van der Waals surface area contributed by atoms with E-state index in [1.54, 1.807) is 6.08 Å².